The molecule has 0 bridgehead atoms. The summed E-state index contributed by atoms with van der Waals surface area (Å²) in [5.41, 5.74) is 1.38. The second-order valence-electron chi connectivity index (χ2n) is 6.40. The Balaban J connectivity index is 2.02. The van der Waals surface area contributed by atoms with E-state index in [4.69, 9.17) is 0 Å². The summed E-state index contributed by atoms with van der Waals surface area (Å²) in [6.45, 7) is 1.56. The molecule has 0 radical (unpaired) electrons. The third-order valence-electron chi connectivity index (χ3n) is 4.69. The first-order chi connectivity index (χ1) is 13.2. The van der Waals surface area contributed by atoms with Crippen LogP contribution in [0.3, 0.4) is 0 Å². The Hall–Kier alpha value is -2.87. The number of hydrogen-bond donors (Lipinski definition) is 1. The van der Waals surface area contributed by atoms with Gasteiger partial charge in [-0.25, -0.2) is 13.4 Å². The lowest BCUT2D eigenvalue weighted by Crippen LogP contribution is -2.05. The molecule has 0 unspecified atom stereocenters. The average Bonchev–Trinajstić information content (AvgIpc) is 3.05. The molecule has 4 aromatic rings. The highest BCUT2D eigenvalue weighted by Crippen LogP contribution is 2.37. The molecule has 2 aromatic carbocycles. The van der Waals surface area contributed by atoms with E-state index in [1.165, 1.54) is 6.07 Å². The van der Waals surface area contributed by atoms with Crippen molar-refractivity contribution in [1.82, 2.24) is 9.97 Å². The SMILES string of the molecule is CCS(=O)(=O)c1cccc(-c2cccc3[nH]c4ncc(C(F)(F)F)cc4c23)c1. The second-order valence-corrected chi connectivity index (χ2v) is 8.68. The molecule has 0 spiro atoms. The molecule has 0 aliphatic heterocycles. The lowest BCUT2D eigenvalue weighted by Gasteiger charge is -2.08. The third kappa shape index (κ3) is 3.03. The van der Waals surface area contributed by atoms with Gasteiger partial charge < -0.3 is 4.98 Å². The average molecular weight is 404 g/mol. The van der Waals surface area contributed by atoms with Crippen LogP contribution in [0.25, 0.3) is 33.1 Å². The van der Waals surface area contributed by atoms with E-state index in [0.29, 0.717) is 33.1 Å². The Kier molecular flexibility index (Phi) is 4.19. The number of aromatic amines is 1. The van der Waals surface area contributed by atoms with Crippen LogP contribution in [0.15, 0.2) is 59.6 Å². The van der Waals surface area contributed by atoms with Gasteiger partial charge in [-0.2, -0.15) is 13.2 Å². The minimum Gasteiger partial charge on any atom is -0.339 e. The minimum absolute atomic E-state index is 0.0351. The van der Waals surface area contributed by atoms with Crippen LogP contribution in [-0.4, -0.2) is 24.1 Å². The largest absolute Gasteiger partial charge is 0.417 e. The Morgan fingerprint density at radius 1 is 1.07 bits per heavy atom. The maximum absolute atomic E-state index is 13.2. The molecule has 0 saturated heterocycles. The van der Waals surface area contributed by atoms with E-state index in [1.54, 1.807) is 43.3 Å². The van der Waals surface area contributed by atoms with Crippen molar-refractivity contribution in [2.45, 2.75) is 18.0 Å². The predicted octanol–water partition coefficient (Wildman–Crippen LogP) is 5.20. The number of nitrogens with zero attached hydrogens (tertiary/aromatic N) is 1. The number of fused-ring (bicyclic) bond motifs is 3. The number of nitrogens with one attached hydrogen (secondary N) is 1. The summed E-state index contributed by atoms with van der Waals surface area (Å²) in [6.07, 6.45) is -3.71. The summed E-state index contributed by atoms with van der Waals surface area (Å²) in [7, 11) is -3.41. The molecule has 0 amide bonds. The summed E-state index contributed by atoms with van der Waals surface area (Å²) in [5.74, 6) is -0.0351. The van der Waals surface area contributed by atoms with Gasteiger partial charge in [0.2, 0.25) is 0 Å². The fourth-order valence-electron chi connectivity index (χ4n) is 3.25. The molecule has 2 aromatic heterocycles. The van der Waals surface area contributed by atoms with Crippen molar-refractivity contribution in [2.75, 3.05) is 5.75 Å². The molecule has 0 saturated carbocycles. The molecule has 4 rings (SSSR count). The first kappa shape index (κ1) is 18.5. The molecular weight excluding hydrogens is 389 g/mol. The van der Waals surface area contributed by atoms with E-state index in [9.17, 15) is 21.6 Å². The van der Waals surface area contributed by atoms with Gasteiger partial charge in [0, 0.05) is 22.5 Å². The van der Waals surface area contributed by atoms with Crippen LogP contribution in [0.5, 0.6) is 0 Å². The van der Waals surface area contributed by atoms with E-state index in [1.807, 2.05) is 0 Å². The molecule has 2 heterocycles. The second kappa shape index (κ2) is 6.34. The van der Waals surface area contributed by atoms with Crippen LogP contribution >= 0.6 is 0 Å². The van der Waals surface area contributed by atoms with Crippen LogP contribution in [0.2, 0.25) is 0 Å². The van der Waals surface area contributed by atoms with Gasteiger partial charge in [0.05, 0.1) is 16.2 Å². The Morgan fingerprint density at radius 3 is 2.54 bits per heavy atom. The van der Waals surface area contributed by atoms with Gasteiger partial charge >= 0.3 is 6.18 Å². The zero-order valence-electron chi connectivity index (χ0n) is 14.7. The number of sulfone groups is 1. The normalized spacial score (nSPS) is 12.7. The molecule has 144 valence electrons. The van der Waals surface area contributed by atoms with Crippen molar-refractivity contribution >= 4 is 31.8 Å². The molecule has 0 aliphatic rings. The highest BCUT2D eigenvalue weighted by atomic mass is 32.2. The zero-order valence-corrected chi connectivity index (χ0v) is 15.5. The Bertz CT molecular complexity index is 1310. The van der Waals surface area contributed by atoms with Gasteiger partial charge in [0.1, 0.15) is 5.65 Å². The van der Waals surface area contributed by atoms with Crippen molar-refractivity contribution in [3.05, 3.63) is 60.3 Å². The molecule has 4 nitrogen and oxygen atoms in total. The summed E-state index contributed by atoms with van der Waals surface area (Å²) in [4.78, 5) is 7.12. The number of alkyl halides is 3. The summed E-state index contributed by atoms with van der Waals surface area (Å²) < 4.78 is 63.9. The van der Waals surface area contributed by atoms with E-state index >= 15 is 0 Å². The standard InChI is InChI=1S/C20H15F3N2O2S/c1-2-28(26,27)14-6-3-5-12(9-14)15-7-4-8-17-18(15)16-10-13(20(21,22)23)11-24-19(16)25-17/h3-11H,2H2,1H3,(H,24,25). The lowest BCUT2D eigenvalue weighted by molar-refractivity contribution is -0.137. The predicted molar refractivity (Wildman–Crippen MR) is 102 cm³/mol. The van der Waals surface area contributed by atoms with Crippen molar-refractivity contribution in [2.24, 2.45) is 0 Å². The molecule has 0 fully saturated rings. The minimum atomic E-state index is -4.51. The first-order valence-electron chi connectivity index (χ1n) is 8.51. The maximum atomic E-state index is 13.2. The van der Waals surface area contributed by atoms with Crippen molar-refractivity contribution in [1.29, 1.82) is 0 Å². The number of rotatable bonds is 3. The van der Waals surface area contributed by atoms with Crippen LogP contribution in [0.4, 0.5) is 13.2 Å². The summed E-state index contributed by atoms with van der Waals surface area (Å²) >= 11 is 0. The van der Waals surface area contributed by atoms with Crippen LogP contribution in [-0.2, 0) is 16.0 Å². The number of pyridine rings is 1. The number of benzene rings is 2. The monoisotopic (exact) mass is 404 g/mol. The van der Waals surface area contributed by atoms with Gasteiger partial charge in [-0.05, 0) is 35.4 Å². The smallest absolute Gasteiger partial charge is 0.339 e. The number of H-pyrrole nitrogens is 1. The lowest BCUT2D eigenvalue weighted by atomic mass is 9.99. The topological polar surface area (TPSA) is 62.8 Å². The van der Waals surface area contributed by atoms with Crippen molar-refractivity contribution in [3.63, 3.8) is 0 Å². The fraction of sp³-hybridized carbons (Fsp3) is 0.150. The molecule has 28 heavy (non-hydrogen) atoms. The number of aromatic nitrogens is 2. The number of hydrogen-bond acceptors (Lipinski definition) is 3. The highest BCUT2D eigenvalue weighted by molar-refractivity contribution is 7.91. The Morgan fingerprint density at radius 2 is 1.82 bits per heavy atom. The van der Waals surface area contributed by atoms with Gasteiger partial charge in [0.25, 0.3) is 0 Å². The van der Waals surface area contributed by atoms with Crippen LogP contribution in [0.1, 0.15) is 12.5 Å². The number of halogens is 3. The zero-order chi connectivity index (χ0) is 20.1. The molecular formula is C20H15F3N2O2S. The molecule has 8 heteroatoms. The van der Waals surface area contributed by atoms with Gasteiger partial charge in [-0.1, -0.05) is 31.2 Å². The third-order valence-corrected chi connectivity index (χ3v) is 6.42. The van der Waals surface area contributed by atoms with Crippen LogP contribution in [0, 0.1) is 0 Å². The van der Waals surface area contributed by atoms with E-state index in [-0.39, 0.29) is 10.6 Å². The fourth-order valence-corrected chi connectivity index (χ4v) is 4.17. The highest BCUT2D eigenvalue weighted by Gasteiger charge is 2.31. The van der Waals surface area contributed by atoms with E-state index in [2.05, 4.69) is 9.97 Å². The Labute approximate surface area is 158 Å². The quantitative estimate of drug-likeness (QED) is 0.511. The van der Waals surface area contributed by atoms with Crippen molar-refractivity contribution in [3.8, 4) is 11.1 Å². The van der Waals surface area contributed by atoms with Crippen molar-refractivity contribution < 1.29 is 21.6 Å². The molecule has 0 aliphatic carbocycles. The van der Waals surface area contributed by atoms with Gasteiger partial charge in [-0.3, -0.25) is 0 Å². The molecule has 0 atom stereocenters. The summed E-state index contributed by atoms with van der Waals surface area (Å²) in [5, 5.41) is 0.909. The van der Waals surface area contributed by atoms with E-state index in [0.717, 1.165) is 12.3 Å². The van der Waals surface area contributed by atoms with Crippen LogP contribution < -0.4 is 0 Å². The van der Waals surface area contributed by atoms with Gasteiger partial charge in [-0.15, -0.1) is 0 Å². The molecule has 1 N–H and O–H groups in total. The maximum Gasteiger partial charge on any atom is 0.417 e. The first-order valence-corrected chi connectivity index (χ1v) is 10.2. The van der Waals surface area contributed by atoms with Gasteiger partial charge in [0.15, 0.2) is 9.84 Å². The summed E-state index contributed by atoms with van der Waals surface area (Å²) in [6, 6.07) is 12.8. The van der Waals surface area contributed by atoms with E-state index < -0.39 is 21.6 Å².